The molecule has 0 spiro atoms. The van der Waals surface area contributed by atoms with Gasteiger partial charge in [-0.05, 0) is 0 Å². The number of halogens is 1. The molecule has 0 saturated heterocycles. The van der Waals surface area contributed by atoms with Crippen LogP contribution in [0, 0.1) is 11.3 Å². The second-order valence-electron chi connectivity index (χ2n) is 0.688. The van der Waals surface area contributed by atoms with E-state index in [1.54, 1.807) is 0 Å². The van der Waals surface area contributed by atoms with Crippen molar-refractivity contribution in [3.63, 3.8) is 0 Å². The van der Waals surface area contributed by atoms with Gasteiger partial charge in [0.15, 0.2) is 6.61 Å². The quantitative estimate of drug-likeness (QED) is 0.374. The maximum absolute atomic E-state index is 9.36. The van der Waals surface area contributed by atoms with Crippen LogP contribution in [0.5, 0.6) is 0 Å². The average Bonchev–Trinajstić information content (AvgIpc) is 1.61. The first-order chi connectivity index (χ1) is 3.27. The molecule has 42 valence electrons. The van der Waals surface area contributed by atoms with Crippen LogP contribution in [0.3, 0.4) is 0 Å². The van der Waals surface area contributed by atoms with Crippen LogP contribution in [0.4, 0.5) is 0 Å². The normalized spacial score (nSPS) is 7.62. The molecule has 0 atom stereocenters. The zero-order valence-electron chi connectivity index (χ0n) is 4.22. The van der Waals surface area contributed by atoms with E-state index in [0.717, 1.165) is 0 Å². The molecular formula is C2H2ClNaO4. The van der Waals surface area contributed by atoms with E-state index in [-0.39, 0.29) is 40.9 Å². The molecule has 0 amide bonds. The Labute approximate surface area is 72.2 Å². The van der Waals surface area contributed by atoms with Crippen molar-refractivity contribution in [1.29, 1.82) is 0 Å². The second-order valence-corrected chi connectivity index (χ2v) is 1.03. The summed E-state index contributed by atoms with van der Waals surface area (Å²) in [5.74, 6) is -1.40. The van der Waals surface area contributed by atoms with Crippen molar-refractivity contribution in [2.45, 2.75) is 0 Å². The standard InChI is InChI=1S/C2H3ClO4.Na/c4-2(5)1-7-3-6;/h1H2,(H,4,5);/q;+1/p-1. The molecule has 0 saturated carbocycles. The van der Waals surface area contributed by atoms with E-state index >= 15 is 0 Å². The van der Waals surface area contributed by atoms with Crippen LogP contribution in [0.1, 0.15) is 0 Å². The number of hydrogen-bond donors (Lipinski definition) is 0. The summed E-state index contributed by atoms with van der Waals surface area (Å²) in [6.07, 6.45) is 0. The van der Waals surface area contributed by atoms with Crippen LogP contribution in [-0.4, -0.2) is 12.6 Å². The monoisotopic (exact) mass is 148 g/mol. The fraction of sp³-hybridized carbons (Fsp3) is 0.500. The van der Waals surface area contributed by atoms with Crippen LogP contribution < -0.4 is 39.3 Å². The fourth-order valence-corrected chi connectivity index (χ4v) is 0.200. The molecule has 0 heterocycles. The number of carboxylic acids is 1. The Morgan fingerprint density at radius 3 is 2.38 bits per heavy atom. The molecule has 6 heteroatoms. The zero-order valence-corrected chi connectivity index (χ0v) is 6.97. The van der Waals surface area contributed by atoms with E-state index in [4.69, 9.17) is 0 Å². The molecule has 0 aromatic rings. The maximum atomic E-state index is 9.36. The Bertz CT molecular complexity index is 67.1. The van der Waals surface area contributed by atoms with Crippen molar-refractivity contribution < 1.29 is 59.7 Å². The van der Waals surface area contributed by atoms with E-state index < -0.39 is 12.6 Å². The van der Waals surface area contributed by atoms with Crippen LogP contribution in [0.15, 0.2) is 0 Å². The van der Waals surface area contributed by atoms with Crippen LogP contribution in [0.2, 0.25) is 0 Å². The number of carbonyl (C=O) groups is 1. The van der Waals surface area contributed by atoms with E-state index in [0.29, 0.717) is 0 Å². The number of rotatable bonds is 3. The third kappa shape index (κ3) is 9.84. The summed E-state index contributed by atoms with van der Waals surface area (Å²) in [4.78, 5) is 9.36. The van der Waals surface area contributed by atoms with Gasteiger partial charge >= 0.3 is 40.9 Å². The van der Waals surface area contributed by atoms with Gasteiger partial charge in [-0.3, -0.25) is 0 Å². The molecule has 0 aliphatic carbocycles. The maximum Gasteiger partial charge on any atom is 1.00 e. The van der Waals surface area contributed by atoms with E-state index in [2.05, 4.69) is 4.29 Å². The third-order valence-electron chi connectivity index (χ3n) is 0.217. The van der Waals surface area contributed by atoms with Crippen molar-refractivity contribution in [2.75, 3.05) is 6.61 Å². The summed E-state index contributed by atoms with van der Waals surface area (Å²) >= 11 is 0.149. The van der Waals surface area contributed by atoms with Crippen LogP contribution in [-0.2, 0) is 9.08 Å². The van der Waals surface area contributed by atoms with Gasteiger partial charge < -0.3 is 14.6 Å². The topological polar surface area (TPSA) is 72.4 Å². The first kappa shape index (κ1) is 11.5. The Kier molecular flexibility index (Phi) is 11.0. The predicted octanol–water partition coefficient (Wildman–Crippen LogP) is -5.97. The van der Waals surface area contributed by atoms with Crippen molar-refractivity contribution in [3.8, 4) is 0 Å². The van der Waals surface area contributed by atoms with Gasteiger partial charge in [0, 0.05) is 0 Å². The molecule has 0 radical (unpaired) electrons. The zero-order chi connectivity index (χ0) is 5.70. The molecule has 0 unspecified atom stereocenters. The van der Waals surface area contributed by atoms with E-state index in [9.17, 15) is 14.6 Å². The summed E-state index contributed by atoms with van der Waals surface area (Å²) in [5, 5.41) is 9.36. The van der Waals surface area contributed by atoms with Crippen LogP contribution in [0.25, 0.3) is 0 Å². The fourth-order valence-electron chi connectivity index (χ4n) is 0.0668. The number of carbonyl (C=O) groups excluding carboxylic acids is 1. The molecule has 8 heavy (non-hydrogen) atoms. The molecule has 0 aromatic heterocycles. The van der Waals surface area contributed by atoms with E-state index in [1.807, 2.05) is 0 Å². The van der Waals surface area contributed by atoms with Gasteiger partial charge in [0.25, 0.3) is 0 Å². The van der Waals surface area contributed by atoms with Crippen molar-refractivity contribution in [1.82, 2.24) is 0 Å². The summed E-state index contributed by atoms with van der Waals surface area (Å²) in [6.45, 7) is -0.669. The minimum absolute atomic E-state index is 0. The third-order valence-corrected chi connectivity index (χ3v) is 0.415. The first-order valence-electron chi connectivity index (χ1n) is 1.36. The second kappa shape index (κ2) is 7.68. The molecule has 0 fully saturated rings. The van der Waals surface area contributed by atoms with Gasteiger partial charge in [0.2, 0.25) is 0 Å². The van der Waals surface area contributed by atoms with Gasteiger partial charge in [0.1, 0.15) is 0 Å². The van der Waals surface area contributed by atoms with Gasteiger partial charge in [-0.1, -0.05) is 4.29 Å². The minimum Gasteiger partial charge on any atom is -0.547 e. The Hall–Kier alpha value is 0.680. The predicted molar refractivity (Wildman–Crippen MR) is 11.0 cm³/mol. The molecule has 0 aromatic carbocycles. The SMILES string of the molecule is O=C([O-])CO[Cl+][O-].[Na+]. The summed E-state index contributed by atoms with van der Waals surface area (Å²) in [6, 6.07) is 0. The Balaban J connectivity index is 0. The first-order valence-corrected chi connectivity index (χ1v) is 1.98. The average molecular weight is 148 g/mol. The van der Waals surface area contributed by atoms with Gasteiger partial charge in [-0.15, -0.1) is 0 Å². The number of carboxylic acid groups (broad SMARTS) is 1. The largest absolute Gasteiger partial charge is 1.00 e. The van der Waals surface area contributed by atoms with Gasteiger partial charge in [-0.2, -0.15) is 0 Å². The van der Waals surface area contributed by atoms with Gasteiger partial charge in [-0.25, -0.2) is 0 Å². The summed E-state index contributed by atoms with van der Waals surface area (Å²) in [7, 11) is 0. The molecule has 0 bridgehead atoms. The minimum atomic E-state index is -1.40. The summed E-state index contributed by atoms with van der Waals surface area (Å²) < 4.78 is 12.9. The van der Waals surface area contributed by atoms with Crippen LogP contribution >= 0.6 is 0 Å². The van der Waals surface area contributed by atoms with E-state index in [1.165, 1.54) is 0 Å². The molecular weight excluding hydrogens is 146 g/mol. The molecule has 0 rings (SSSR count). The smallest absolute Gasteiger partial charge is 0.547 e. The molecule has 0 aliphatic rings. The Morgan fingerprint density at radius 2 is 2.25 bits per heavy atom. The van der Waals surface area contributed by atoms with Gasteiger partial charge in [0.05, 0.1) is 5.97 Å². The number of aliphatic carboxylic acids is 1. The molecule has 0 aliphatic heterocycles. The summed E-state index contributed by atoms with van der Waals surface area (Å²) in [5.41, 5.74) is 0. The van der Waals surface area contributed by atoms with Crippen molar-refractivity contribution in [2.24, 2.45) is 0 Å². The molecule has 0 N–H and O–H groups in total. The van der Waals surface area contributed by atoms with Crippen molar-refractivity contribution in [3.05, 3.63) is 0 Å². The van der Waals surface area contributed by atoms with Crippen molar-refractivity contribution >= 4 is 5.97 Å². The molecule has 4 nitrogen and oxygen atoms in total. The number of hydrogen-bond acceptors (Lipinski definition) is 4. The Morgan fingerprint density at radius 1 is 1.75 bits per heavy atom.